The number of nitrogens with one attached hydrogen (secondary N) is 3. The van der Waals surface area contributed by atoms with E-state index in [-0.39, 0.29) is 23.6 Å². The molecule has 1 aliphatic carbocycles. The molecule has 1 aliphatic heterocycles. The Hall–Kier alpha value is -4.74. The lowest BCUT2D eigenvalue weighted by atomic mass is 9.96. The first kappa shape index (κ1) is 32.2. The molecule has 2 aromatic carbocycles. The summed E-state index contributed by atoms with van der Waals surface area (Å²) in [7, 11) is 4.44. The Balaban J connectivity index is 1.31. The predicted molar refractivity (Wildman–Crippen MR) is 181 cm³/mol. The zero-order chi connectivity index (χ0) is 33.6. The first-order valence-electron chi connectivity index (χ1n) is 15.6. The fourth-order valence-corrected chi connectivity index (χ4v) is 7.01. The van der Waals surface area contributed by atoms with Crippen LogP contribution in [-0.2, 0) is 25.3 Å². The molecule has 2 aliphatic rings. The predicted octanol–water partition coefficient (Wildman–Crippen LogP) is 4.14. The average molecular weight is 657 g/mol. The number of carbonyl (C=O) groups is 2. The molecular weight excluding hydrogens is 620 g/mol. The number of aryl methyl sites for hydroxylation is 1. The minimum absolute atomic E-state index is 0.0439. The molecule has 0 bridgehead atoms. The third-order valence-corrected chi connectivity index (χ3v) is 9.64. The van der Waals surface area contributed by atoms with Gasteiger partial charge < -0.3 is 25.3 Å². The number of pyridine rings is 1. The van der Waals surface area contributed by atoms with Crippen LogP contribution in [-0.4, -0.2) is 45.6 Å². The number of hydrogen-bond donors (Lipinski definition) is 3. The Morgan fingerprint density at radius 1 is 1.11 bits per heavy atom. The van der Waals surface area contributed by atoms with Crippen LogP contribution in [0.5, 0.6) is 5.88 Å². The first-order chi connectivity index (χ1) is 22.5. The lowest BCUT2D eigenvalue weighted by molar-refractivity contribution is -0.119. The summed E-state index contributed by atoms with van der Waals surface area (Å²) >= 11 is 7.12. The van der Waals surface area contributed by atoms with Crippen molar-refractivity contribution in [3.8, 4) is 28.3 Å². The van der Waals surface area contributed by atoms with Crippen LogP contribution >= 0.6 is 11.6 Å². The van der Waals surface area contributed by atoms with E-state index in [2.05, 4.69) is 28.9 Å². The van der Waals surface area contributed by atoms with Crippen LogP contribution in [0.2, 0.25) is 5.02 Å². The maximum absolute atomic E-state index is 13.2. The highest BCUT2D eigenvalue weighted by Gasteiger charge is 2.35. The summed E-state index contributed by atoms with van der Waals surface area (Å²) in [6, 6.07) is 13.5. The van der Waals surface area contributed by atoms with Gasteiger partial charge in [-0.2, -0.15) is 0 Å². The molecule has 6 rings (SSSR count). The third-order valence-electron chi connectivity index (χ3n) is 9.23. The van der Waals surface area contributed by atoms with E-state index in [0.717, 1.165) is 50.8 Å². The van der Waals surface area contributed by atoms with Crippen LogP contribution in [0.3, 0.4) is 0 Å². The second-order valence-corrected chi connectivity index (χ2v) is 12.7. The van der Waals surface area contributed by atoms with Crippen molar-refractivity contribution in [3.63, 3.8) is 0 Å². The summed E-state index contributed by atoms with van der Waals surface area (Å²) < 4.78 is 7.93. The summed E-state index contributed by atoms with van der Waals surface area (Å²) in [5.41, 5.74) is 5.08. The highest BCUT2D eigenvalue weighted by atomic mass is 35.5. The maximum Gasteiger partial charge on any atom is 0.330 e. The number of halogens is 1. The van der Waals surface area contributed by atoms with Crippen molar-refractivity contribution < 1.29 is 14.3 Å². The van der Waals surface area contributed by atoms with Gasteiger partial charge in [-0.05, 0) is 54.5 Å². The van der Waals surface area contributed by atoms with Crippen molar-refractivity contribution in [2.45, 2.75) is 45.2 Å². The second-order valence-electron chi connectivity index (χ2n) is 12.4. The monoisotopic (exact) mass is 656 g/mol. The maximum atomic E-state index is 13.2. The fourth-order valence-electron chi connectivity index (χ4n) is 6.68. The zero-order valence-corrected chi connectivity index (χ0v) is 27.7. The minimum atomic E-state index is -0.675. The molecule has 12 heteroatoms. The smallest absolute Gasteiger partial charge is 0.330 e. The number of ether oxygens (including phenoxy) is 1. The van der Waals surface area contributed by atoms with Crippen molar-refractivity contribution in [2.75, 3.05) is 19.0 Å². The number of methoxy groups -OCH3 is 1. The molecular formula is C35H37ClN6O5. The number of nitrogens with zero attached hydrogens (tertiary/aromatic N) is 3. The molecule has 0 saturated carbocycles. The van der Waals surface area contributed by atoms with Crippen molar-refractivity contribution >= 4 is 29.1 Å². The Bertz CT molecular complexity index is 2040. The van der Waals surface area contributed by atoms with E-state index in [1.165, 1.54) is 24.9 Å². The van der Waals surface area contributed by atoms with Crippen LogP contribution in [0.25, 0.3) is 22.4 Å². The lowest BCUT2D eigenvalue weighted by Gasteiger charge is -2.22. The molecule has 1 saturated heterocycles. The Morgan fingerprint density at radius 3 is 2.55 bits per heavy atom. The summed E-state index contributed by atoms with van der Waals surface area (Å²) in [6.45, 7) is 4.75. The van der Waals surface area contributed by atoms with Crippen LogP contribution in [0.4, 0.5) is 5.69 Å². The normalized spacial score (nSPS) is 18.6. The fraction of sp³-hybridized carbons (Fsp3) is 0.343. The van der Waals surface area contributed by atoms with Crippen LogP contribution in [0.15, 0.2) is 58.3 Å². The van der Waals surface area contributed by atoms with Gasteiger partial charge in [0.1, 0.15) is 5.56 Å². The molecule has 2 aromatic heterocycles. The Kier molecular flexibility index (Phi) is 8.78. The number of benzene rings is 2. The molecule has 4 aromatic rings. The quantitative estimate of drug-likeness (QED) is 0.259. The van der Waals surface area contributed by atoms with E-state index in [1.807, 2.05) is 37.3 Å². The highest BCUT2D eigenvalue weighted by molar-refractivity contribution is 6.36. The number of carbonyl (C=O) groups excluding carboxylic acids is 2. The van der Waals surface area contributed by atoms with E-state index in [0.29, 0.717) is 41.2 Å². The van der Waals surface area contributed by atoms with Crippen LogP contribution in [0, 0.1) is 12.8 Å². The summed E-state index contributed by atoms with van der Waals surface area (Å²) in [5.74, 6) is 0.323. The van der Waals surface area contributed by atoms with E-state index >= 15 is 0 Å². The number of anilines is 1. The number of aromatic nitrogens is 3. The topological polar surface area (TPSA) is 136 Å². The summed E-state index contributed by atoms with van der Waals surface area (Å²) in [5, 5.41) is 10.0. The van der Waals surface area contributed by atoms with Gasteiger partial charge in [0, 0.05) is 67.7 Å². The van der Waals surface area contributed by atoms with Gasteiger partial charge in [-0.3, -0.25) is 19.0 Å². The summed E-state index contributed by atoms with van der Waals surface area (Å²) in [4.78, 5) is 54.5. The molecule has 3 unspecified atom stereocenters. The Labute approximate surface area is 276 Å². The van der Waals surface area contributed by atoms with Gasteiger partial charge in [-0.25, -0.2) is 9.78 Å². The van der Waals surface area contributed by atoms with Crippen molar-refractivity contribution in [2.24, 2.45) is 20.0 Å². The third kappa shape index (κ3) is 5.96. The van der Waals surface area contributed by atoms with Crippen LogP contribution in [0.1, 0.15) is 52.9 Å². The standard InChI is InChI=1S/C35H37ClN6O5/c1-18-14-20-15-27(40-33(47-5)29(20)31(18)37-16-21-12-13-28(43)38-21)24-10-6-9-23(30(24)36)22-8-7-11-26(19(22)2)39-32(44)25-17-41(3)35(46)42(4)34(25)45/h6-11,15,17-18,21,31,37H,12-14,16H2,1-5H3,(H,38,43)(H,39,44). The van der Waals surface area contributed by atoms with Gasteiger partial charge in [0.15, 0.2) is 0 Å². The molecule has 11 nitrogen and oxygen atoms in total. The van der Waals surface area contributed by atoms with Gasteiger partial charge in [0.05, 0.1) is 17.8 Å². The average Bonchev–Trinajstić information content (AvgIpc) is 3.62. The number of rotatable bonds is 8. The lowest BCUT2D eigenvalue weighted by Crippen LogP contribution is -2.40. The molecule has 244 valence electrons. The Morgan fingerprint density at radius 2 is 1.83 bits per heavy atom. The van der Waals surface area contributed by atoms with Crippen molar-refractivity contribution in [3.05, 3.63) is 96.8 Å². The van der Waals surface area contributed by atoms with E-state index in [1.54, 1.807) is 13.2 Å². The van der Waals surface area contributed by atoms with Gasteiger partial charge in [-0.15, -0.1) is 0 Å². The minimum Gasteiger partial charge on any atom is -0.481 e. The molecule has 47 heavy (non-hydrogen) atoms. The summed E-state index contributed by atoms with van der Waals surface area (Å²) in [6.07, 6.45) is 3.47. The SMILES string of the molecule is COc1nc(-c2cccc(-c3cccc(NC(=O)c4cn(C)c(=O)n(C)c4=O)c3C)c2Cl)cc2c1C(NCC1CCC(=O)N1)C(C)C2. The highest BCUT2D eigenvalue weighted by Crippen LogP contribution is 2.44. The largest absolute Gasteiger partial charge is 0.481 e. The van der Waals surface area contributed by atoms with Gasteiger partial charge in [0.25, 0.3) is 11.5 Å². The first-order valence-corrected chi connectivity index (χ1v) is 15.9. The van der Waals surface area contributed by atoms with Crippen molar-refractivity contribution in [1.82, 2.24) is 24.8 Å². The van der Waals surface area contributed by atoms with Crippen molar-refractivity contribution in [1.29, 1.82) is 0 Å². The zero-order valence-electron chi connectivity index (χ0n) is 26.9. The van der Waals surface area contributed by atoms with Gasteiger partial charge in [0.2, 0.25) is 11.8 Å². The number of amides is 2. The molecule has 3 heterocycles. The van der Waals surface area contributed by atoms with Gasteiger partial charge in [-0.1, -0.05) is 48.9 Å². The number of fused-ring (bicyclic) bond motifs is 1. The molecule has 0 spiro atoms. The number of hydrogen-bond acceptors (Lipinski definition) is 7. The van der Waals surface area contributed by atoms with Crippen LogP contribution < -0.4 is 31.9 Å². The molecule has 3 atom stereocenters. The van der Waals surface area contributed by atoms with E-state index in [4.69, 9.17) is 21.3 Å². The van der Waals surface area contributed by atoms with Gasteiger partial charge >= 0.3 is 5.69 Å². The molecule has 0 radical (unpaired) electrons. The van der Waals surface area contributed by atoms with E-state index < -0.39 is 17.2 Å². The molecule has 1 fully saturated rings. The molecule has 2 amide bonds. The molecule has 3 N–H and O–H groups in total. The van der Waals surface area contributed by atoms with E-state index in [9.17, 15) is 19.2 Å². The second kappa shape index (κ2) is 12.8.